The standard InChI is InChI=1S/C20H18Cl2N2O6S/c1-2-28-19(26)17-13(23-20(27)24-18(17)14-4-3-7-29-14)9-30-16(25)10-31-15-8-11(21)5-6-12(15)22/h3-8,18H,2,9-10H2,1H3,(H2,23,24,27). The van der Waals surface area contributed by atoms with E-state index in [0.717, 1.165) is 11.8 Å². The molecule has 2 heterocycles. The molecule has 0 saturated heterocycles. The van der Waals surface area contributed by atoms with Gasteiger partial charge in [-0.25, -0.2) is 9.59 Å². The largest absolute Gasteiger partial charge is 0.467 e. The zero-order valence-corrected chi connectivity index (χ0v) is 18.6. The van der Waals surface area contributed by atoms with Crippen molar-refractivity contribution in [3.05, 3.63) is 63.7 Å². The second kappa shape index (κ2) is 10.6. The molecule has 0 aliphatic carbocycles. The average Bonchev–Trinajstić information content (AvgIpc) is 3.27. The molecule has 0 spiro atoms. The predicted octanol–water partition coefficient (Wildman–Crippen LogP) is 4.09. The lowest BCUT2D eigenvalue weighted by molar-refractivity contribution is -0.141. The fourth-order valence-corrected chi connectivity index (χ4v) is 4.06. The Labute approximate surface area is 192 Å². The molecule has 0 bridgehead atoms. The lowest BCUT2D eigenvalue weighted by atomic mass is 10.0. The molecule has 1 aliphatic rings. The summed E-state index contributed by atoms with van der Waals surface area (Å²) in [7, 11) is 0. The molecule has 2 amide bonds. The molecule has 2 N–H and O–H groups in total. The summed E-state index contributed by atoms with van der Waals surface area (Å²) < 4.78 is 15.7. The number of nitrogens with one attached hydrogen (secondary N) is 2. The summed E-state index contributed by atoms with van der Waals surface area (Å²) in [5.41, 5.74) is 0.206. The van der Waals surface area contributed by atoms with Crippen molar-refractivity contribution < 1.29 is 28.3 Å². The van der Waals surface area contributed by atoms with Crippen LogP contribution in [0.1, 0.15) is 18.7 Å². The summed E-state index contributed by atoms with van der Waals surface area (Å²) in [6, 6.07) is 6.72. The van der Waals surface area contributed by atoms with Crippen molar-refractivity contribution in [2.75, 3.05) is 19.0 Å². The van der Waals surface area contributed by atoms with E-state index >= 15 is 0 Å². The molecule has 0 fully saturated rings. The predicted molar refractivity (Wildman–Crippen MR) is 115 cm³/mol. The quantitative estimate of drug-likeness (QED) is 0.429. The van der Waals surface area contributed by atoms with Crippen LogP contribution in [0.2, 0.25) is 10.0 Å². The number of amides is 2. The molecule has 3 rings (SSSR count). The van der Waals surface area contributed by atoms with Gasteiger partial charge in [-0.3, -0.25) is 4.79 Å². The van der Waals surface area contributed by atoms with Crippen LogP contribution in [-0.4, -0.2) is 36.9 Å². The minimum absolute atomic E-state index is 0.0457. The van der Waals surface area contributed by atoms with Gasteiger partial charge in [0.2, 0.25) is 0 Å². The minimum atomic E-state index is -0.879. The number of furan rings is 1. The Hall–Kier alpha value is -2.62. The van der Waals surface area contributed by atoms with Crippen LogP contribution in [-0.2, 0) is 19.1 Å². The average molecular weight is 485 g/mol. The van der Waals surface area contributed by atoms with Gasteiger partial charge in [-0.1, -0.05) is 23.2 Å². The maximum Gasteiger partial charge on any atom is 0.338 e. The van der Waals surface area contributed by atoms with Crippen LogP contribution < -0.4 is 10.6 Å². The molecule has 164 valence electrons. The van der Waals surface area contributed by atoms with Crippen molar-refractivity contribution in [1.29, 1.82) is 0 Å². The highest BCUT2D eigenvalue weighted by Crippen LogP contribution is 2.30. The Bertz CT molecular complexity index is 1010. The number of urea groups is 1. The van der Waals surface area contributed by atoms with E-state index in [9.17, 15) is 14.4 Å². The number of halogens is 2. The summed E-state index contributed by atoms with van der Waals surface area (Å²) in [6.07, 6.45) is 1.42. The van der Waals surface area contributed by atoms with E-state index in [-0.39, 0.29) is 30.2 Å². The minimum Gasteiger partial charge on any atom is -0.467 e. The maximum absolute atomic E-state index is 12.6. The van der Waals surface area contributed by atoms with Crippen LogP contribution in [0.5, 0.6) is 0 Å². The van der Waals surface area contributed by atoms with E-state index in [0.29, 0.717) is 20.7 Å². The second-order valence-electron chi connectivity index (χ2n) is 6.18. The van der Waals surface area contributed by atoms with Crippen LogP contribution in [0.4, 0.5) is 4.79 Å². The molecule has 1 aliphatic heterocycles. The van der Waals surface area contributed by atoms with Gasteiger partial charge in [-0.05, 0) is 37.3 Å². The lowest BCUT2D eigenvalue weighted by Gasteiger charge is -2.27. The highest BCUT2D eigenvalue weighted by molar-refractivity contribution is 8.00. The Kier molecular flexibility index (Phi) is 7.89. The van der Waals surface area contributed by atoms with Crippen molar-refractivity contribution >= 4 is 52.9 Å². The Morgan fingerprint density at radius 3 is 2.74 bits per heavy atom. The molecule has 8 nitrogen and oxygen atoms in total. The molecule has 1 atom stereocenters. The van der Waals surface area contributed by atoms with Crippen LogP contribution in [0.25, 0.3) is 0 Å². The summed E-state index contributed by atoms with van der Waals surface area (Å²) in [5.74, 6) is -0.940. The third kappa shape index (κ3) is 5.96. The smallest absolute Gasteiger partial charge is 0.338 e. The molecule has 2 aromatic rings. The summed E-state index contributed by atoms with van der Waals surface area (Å²) in [6.45, 7) is 1.46. The van der Waals surface area contributed by atoms with Gasteiger partial charge in [0.15, 0.2) is 0 Å². The van der Waals surface area contributed by atoms with Crippen molar-refractivity contribution in [3.63, 3.8) is 0 Å². The van der Waals surface area contributed by atoms with Crippen molar-refractivity contribution in [3.8, 4) is 0 Å². The number of esters is 2. The number of benzene rings is 1. The monoisotopic (exact) mass is 484 g/mol. The van der Waals surface area contributed by atoms with E-state index in [1.165, 1.54) is 6.26 Å². The van der Waals surface area contributed by atoms with Gasteiger partial charge >= 0.3 is 18.0 Å². The van der Waals surface area contributed by atoms with E-state index in [4.69, 9.17) is 37.1 Å². The Morgan fingerprint density at radius 1 is 1.23 bits per heavy atom. The Morgan fingerprint density at radius 2 is 2.03 bits per heavy atom. The first kappa shape index (κ1) is 23.1. The molecule has 31 heavy (non-hydrogen) atoms. The molecule has 0 radical (unpaired) electrons. The molecule has 11 heteroatoms. The second-order valence-corrected chi connectivity index (χ2v) is 8.04. The molecule has 1 unspecified atom stereocenters. The molecule has 1 aromatic carbocycles. The number of carbonyl (C=O) groups is 3. The number of thioether (sulfide) groups is 1. The highest BCUT2D eigenvalue weighted by atomic mass is 35.5. The first-order valence-electron chi connectivity index (χ1n) is 9.13. The normalized spacial score (nSPS) is 15.8. The fourth-order valence-electron chi connectivity index (χ4n) is 2.77. The molecular weight excluding hydrogens is 467 g/mol. The van der Waals surface area contributed by atoms with E-state index < -0.39 is 24.0 Å². The number of hydrogen-bond acceptors (Lipinski definition) is 7. The first-order valence-corrected chi connectivity index (χ1v) is 10.9. The summed E-state index contributed by atoms with van der Waals surface area (Å²) >= 11 is 13.2. The third-order valence-electron chi connectivity index (χ3n) is 4.09. The maximum atomic E-state index is 12.6. The molecule has 1 aromatic heterocycles. The Balaban J connectivity index is 1.73. The van der Waals surface area contributed by atoms with Crippen molar-refractivity contribution in [1.82, 2.24) is 10.6 Å². The summed E-state index contributed by atoms with van der Waals surface area (Å²) in [5, 5.41) is 6.07. The number of carbonyl (C=O) groups excluding carboxylic acids is 3. The first-order chi connectivity index (χ1) is 14.9. The number of rotatable bonds is 8. The van der Waals surface area contributed by atoms with E-state index in [1.807, 2.05) is 0 Å². The van der Waals surface area contributed by atoms with Gasteiger partial charge in [-0.15, -0.1) is 11.8 Å². The van der Waals surface area contributed by atoms with Gasteiger partial charge in [0.25, 0.3) is 0 Å². The highest BCUT2D eigenvalue weighted by Gasteiger charge is 2.35. The topological polar surface area (TPSA) is 107 Å². The van der Waals surface area contributed by atoms with Gasteiger partial charge in [-0.2, -0.15) is 0 Å². The summed E-state index contributed by atoms with van der Waals surface area (Å²) in [4.78, 5) is 37.5. The van der Waals surface area contributed by atoms with E-state index in [2.05, 4.69) is 10.6 Å². The molecule has 0 saturated carbocycles. The van der Waals surface area contributed by atoms with Crippen molar-refractivity contribution in [2.45, 2.75) is 17.9 Å². The van der Waals surface area contributed by atoms with Crippen LogP contribution in [0.15, 0.2) is 57.2 Å². The van der Waals surface area contributed by atoms with Gasteiger partial charge in [0.05, 0.1) is 34.9 Å². The third-order valence-corrected chi connectivity index (χ3v) is 5.80. The lowest BCUT2D eigenvalue weighted by Crippen LogP contribution is -2.47. The zero-order chi connectivity index (χ0) is 22.4. The van der Waals surface area contributed by atoms with Gasteiger partial charge in [0, 0.05) is 9.92 Å². The van der Waals surface area contributed by atoms with Crippen molar-refractivity contribution in [2.24, 2.45) is 0 Å². The van der Waals surface area contributed by atoms with E-state index in [1.54, 1.807) is 37.3 Å². The molecular formula is C20H18Cl2N2O6S. The van der Waals surface area contributed by atoms with Gasteiger partial charge < -0.3 is 24.5 Å². The van der Waals surface area contributed by atoms with Crippen LogP contribution in [0, 0.1) is 0 Å². The number of hydrogen-bond donors (Lipinski definition) is 2. The zero-order valence-electron chi connectivity index (χ0n) is 16.3. The SMILES string of the molecule is CCOC(=O)C1=C(COC(=O)CSc2cc(Cl)ccc2Cl)NC(=O)NC1c1ccco1. The van der Waals surface area contributed by atoms with Crippen LogP contribution >= 0.6 is 35.0 Å². The number of ether oxygens (including phenoxy) is 2. The fraction of sp³-hybridized carbons (Fsp3) is 0.250. The van der Waals surface area contributed by atoms with Crippen LogP contribution in [0.3, 0.4) is 0 Å². The van der Waals surface area contributed by atoms with Gasteiger partial charge in [0.1, 0.15) is 18.4 Å².